The van der Waals surface area contributed by atoms with E-state index in [1.165, 1.54) is 45.7 Å². The van der Waals surface area contributed by atoms with Gasteiger partial charge in [-0.05, 0) is 42.0 Å². The van der Waals surface area contributed by atoms with Crippen molar-refractivity contribution in [2.45, 2.75) is 16.3 Å². The highest BCUT2D eigenvalue weighted by atomic mass is 32.2. The summed E-state index contributed by atoms with van der Waals surface area (Å²) in [6.07, 6.45) is 3.16. The van der Waals surface area contributed by atoms with Gasteiger partial charge in [-0.1, -0.05) is 12.1 Å². The summed E-state index contributed by atoms with van der Waals surface area (Å²) >= 11 is 0. The molecule has 34 heavy (non-hydrogen) atoms. The van der Waals surface area contributed by atoms with Gasteiger partial charge in [0.15, 0.2) is 27.7 Å². The third kappa shape index (κ3) is 4.27. The molecule has 9 nitrogen and oxygen atoms in total. The summed E-state index contributed by atoms with van der Waals surface area (Å²) in [4.78, 5) is 16.3. The highest BCUT2D eigenvalue weighted by molar-refractivity contribution is 7.91. The van der Waals surface area contributed by atoms with E-state index in [0.717, 1.165) is 5.39 Å². The molecule has 0 unspecified atom stereocenters. The first-order valence-electron chi connectivity index (χ1n) is 10.1. The van der Waals surface area contributed by atoms with Crippen LogP contribution in [0.3, 0.4) is 0 Å². The molecule has 10 heteroatoms. The SMILES string of the molecule is COc1ccc(OC)c(S(=O)(=O)c2ccc(CNC(=O)c3cc4ccncc4o3)cc2)c1OC. The molecule has 1 amide bonds. The number of rotatable bonds is 8. The van der Waals surface area contributed by atoms with Crippen molar-refractivity contribution < 1.29 is 31.8 Å². The quantitative estimate of drug-likeness (QED) is 0.405. The Morgan fingerprint density at radius 2 is 1.68 bits per heavy atom. The number of methoxy groups -OCH3 is 3. The lowest BCUT2D eigenvalue weighted by Crippen LogP contribution is -2.22. The van der Waals surface area contributed by atoms with Crippen molar-refractivity contribution in [3.8, 4) is 17.2 Å². The van der Waals surface area contributed by atoms with Crippen molar-refractivity contribution in [1.29, 1.82) is 0 Å². The van der Waals surface area contributed by atoms with Gasteiger partial charge in [0.2, 0.25) is 9.84 Å². The van der Waals surface area contributed by atoms with Crippen molar-refractivity contribution in [2.24, 2.45) is 0 Å². The fourth-order valence-corrected chi connectivity index (χ4v) is 5.04. The molecule has 2 aromatic heterocycles. The summed E-state index contributed by atoms with van der Waals surface area (Å²) in [6, 6.07) is 12.6. The predicted octanol–water partition coefficient (Wildman–Crippen LogP) is 3.62. The maximum Gasteiger partial charge on any atom is 0.287 e. The molecule has 1 N–H and O–H groups in total. The summed E-state index contributed by atoms with van der Waals surface area (Å²) in [5, 5.41) is 3.53. The predicted molar refractivity (Wildman–Crippen MR) is 123 cm³/mol. The second-order valence-electron chi connectivity index (χ2n) is 7.19. The Bertz CT molecular complexity index is 1410. The zero-order valence-electron chi connectivity index (χ0n) is 18.7. The summed E-state index contributed by atoms with van der Waals surface area (Å²) in [7, 11) is 0.163. The number of amides is 1. The lowest BCUT2D eigenvalue weighted by molar-refractivity contribution is 0.0925. The van der Waals surface area contributed by atoms with Gasteiger partial charge in [-0.3, -0.25) is 9.78 Å². The van der Waals surface area contributed by atoms with Crippen LogP contribution in [0.5, 0.6) is 17.2 Å². The number of aromatic nitrogens is 1. The normalized spacial score (nSPS) is 11.3. The van der Waals surface area contributed by atoms with Crippen molar-refractivity contribution in [2.75, 3.05) is 21.3 Å². The minimum Gasteiger partial charge on any atom is -0.495 e. The van der Waals surface area contributed by atoms with Gasteiger partial charge in [0, 0.05) is 18.1 Å². The number of furan rings is 1. The first-order chi connectivity index (χ1) is 16.4. The van der Waals surface area contributed by atoms with E-state index in [-0.39, 0.29) is 39.3 Å². The Morgan fingerprint density at radius 3 is 2.32 bits per heavy atom. The molecule has 0 aliphatic heterocycles. The summed E-state index contributed by atoms with van der Waals surface area (Å²) in [5.41, 5.74) is 1.22. The highest BCUT2D eigenvalue weighted by Crippen LogP contribution is 2.43. The third-order valence-electron chi connectivity index (χ3n) is 5.19. The van der Waals surface area contributed by atoms with Crippen LogP contribution in [-0.4, -0.2) is 40.6 Å². The van der Waals surface area contributed by atoms with Crippen molar-refractivity contribution >= 4 is 26.7 Å². The molecule has 0 aliphatic rings. The summed E-state index contributed by atoms with van der Waals surface area (Å²) in [6.45, 7) is 0.181. The molecule has 0 fully saturated rings. The second-order valence-corrected chi connectivity index (χ2v) is 9.07. The van der Waals surface area contributed by atoms with Crippen LogP contribution in [0.25, 0.3) is 11.0 Å². The van der Waals surface area contributed by atoms with E-state index < -0.39 is 15.7 Å². The number of hydrogen-bond donors (Lipinski definition) is 1. The van der Waals surface area contributed by atoms with Crippen LogP contribution in [0.1, 0.15) is 16.1 Å². The van der Waals surface area contributed by atoms with Crippen LogP contribution in [0.15, 0.2) is 75.1 Å². The van der Waals surface area contributed by atoms with Gasteiger partial charge in [-0.2, -0.15) is 0 Å². The van der Waals surface area contributed by atoms with Gasteiger partial charge in [0.25, 0.3) is 5.91 Å². The van der Waals surface area contributed by atoms with Crippen LogP contribution in [0.2, 0.25) is 0 Å². The molecule has 4 aromatic rings. The van der Waals surface area contributed by atoms with Crippen LogP contribution in [0, 0.1) is 0 Å². The number of sulfone groups is 1. The maximum absolute atomic E-state index is 13.4. The lowest BCUT2D eigenvalue weighted by Gasteiger charge is -2.16. The first kappa shape index (κ1) is 23.1. The van der Waals surface area contributed by atoms with Crippen molar-refractivity contribution in [3.05, 3.63) is 72.2 Å². The zero-order valence-corrected chi connectivity index (χ0v) is 19.5. The van der Waals surface area contributed by atoms with E-state index in [0.29, 0.717) is 11.1 Å². The van der Waals surface area contributed by atoms with Gasteiger partial charge < -0.3 is 23.9 Å². The monoisotopic (exact) mass is 482 g/mol. The van der Waals surface area contributed by atoms with E-state index in [2.05, 4.69) is 10.3 Å². The van der Waals surface area contributed by atoms with E-state index in [1.807, 2.05) is 0 Å². The van der Waals surface area contributed by atoms with Crippen LogP contribution >= 0.6 is 0 Å². The number of carbonyl (C=O) groups is 1. The number of carbonyl (C=O) groups excluding carboxylic acids is 1. The average Bonchev–Trinajstić information content (AvgIpc) is 3.31. The number of benzene rings is 2. The highest BCUT2D eigenvalue weighted by Gasteiger charge is 2.29. The number of hydrogen-bond acceptors (Lipinski definition) is 8. The van der Waals surface area contributed by atoms with Gasteiger partial charge in [-0.25, -0.2) is 8.42 Å². The second kappa shape index (κ2) is 9.44. The fraction of sp³-hybridized carbons (Fsp3) is 0.167. The lowest BCUT2D eigenvalue weighted by atomic mass is 10.2. The molecule has 0 saturated heterocycles. The Hall–Kier alpha value is -4.05. The van der Waals surface area contributed by atoms with E-state index in [1.54, 1.807) is 36.5 Å². The molecule has 0 atom stereocenters. The zero-order chi connectivity index (χ0) is 24.3. The van der Waals surface area contributed by atoms with Gasteiger partial charge in [-0.15, -0.1) is 0 Å². The molecular formula is C24H22N2O7S. The molecular weight excluding hydrogens is 460 g/mol. The number of pyridine rings is 1. The fourth-order valence-electron chi connectivity index (χ4n) is 3.47. The third-order valence-corrected chi connectivity index (χ3v) is 7.00. The molecule has 4 rings (SSSR count). The van der Waals surface area contributed by atoms with E-state index in [4.69, 9.17) is 18.6 Å². The number of ether oxygens (including phenoxy) is 3. The Kier molecular flexibility index (Phi) is 6.42. The molecule has 176 valence electrons. The minimum atomic E-state index is -4.00. The van der Waals surface area contributed by atoms with Gasteiger partial charge >= 0.3 is 0 Å². The standard InChI is InChI=1S/C24H22N2O7S/c1-30-18-8-9-19(31-2)23(22(18)32-3)34(28,29)17-6-4-15(5-7-17)13-26-24(27)20-12-16-10-11-25-14-21(16)33-20/h4-12,14H,13H2,1-3H3,(H,26,27). The smallest absolute Gasteiger partial charge is 0.287 e. The maximum atomic E-state index is 13.4. The molecule has 2 aromatic carbocycles. The number of fused-ring (bicyclic) bond motifs is 1. The molecule has 0 bridgehead atoms. The molecule has 0 aliphatic carbocycles. The van der Waals surface area contributed by atoms with E-state index in [9.17, 15) is 13.2 Å². The number of nitrogens with one attached hydrogen (secondary N) is 1. The average molecular weight is 483 g/mol. The molecule has 0 radical (unpaired) electrons. The van der Waals surface area contributed by atoms with Crippen LogP contribution < -0.4 is 19.5 Å². The topological polar surface area (TPSA) is 117 Å². The Morgan fingerprint density at radius 1 is 0.971 bits per heavy atom. The molecule has 0 spiro atoms. The summed E-state index contributed by atoms with van der Waals surface area (Å²) < 4.78 is 48.2. The van der Waals surface area contributed by atoms with Crippen LogP contribution in [-0.2, 0) is 16.4 Å². The van der Waals surface area contributed by atoms with Crippen molar-refractivity contribution in [3.63, 3.8) is 0 Å². The van der Waals surface area contributed by atoms with Crippen LogP contribution in [0.4, 0.5) is 0 Å². The summed E-state index contributed by atoms with van der Waals surface area (Å²) in [5.74, 6) is 0.231. The van der Waals surface area contributed by atoms with Gasteiger partial charge in [0.1, 0.15) is 5.75 Å². The largest absolute Gasteiger partial charge is 0.495 e. The Balaban J connectivity index is 1.55. The molecule has 2 heterocycles. The van der Waals surface area contributed by atoms with Gasteiger partial charge in [0.05, 0.1) is 32.4 Å². The van der Waals surface area contributed by atoms with Crippen molar-refractivity contribution in [1.82, 2.24) is 10.3 Å². The first-order valence-corrected chi connectivity index (χ1v) is 11.6. The molecule has 0 saturated carbocycles. The Labute approximate surface area is 196 Å². The minimum absolute atomic E-state index is 0.0391. The number of nitrogens with zero attached hydrogens (tertiary/aromatic N) is 1. The van der Waals surface area contributed by atoms with E-state index >= 15 is 0 Å².